The first kappa shape index (κ1) is 21.4. The molecule has 3 aromatic carbocycles. The Morgan fingerprint density at radius 3 is 2.23 bits per heavy atom. The van der Waals surface area contributed by atoms with Gasteiger partial charge in [0.2, 0.25) is 5.91 Å². The summed E-state index contributed by atoms with van der Waals surface area (Å²) in [5.41, 5.74) is 3.04. The molecule has 0 heterocycles. The molecular weight excluding hydrogens is 398 g/mol. The molecule has 0 aliphatic heterocycles. The molecule has 6 heteroatoms. The molecule has 0 aliphatic rings. The van der Waals surface area contributed by atoms with Crippen molar-refractivity contribution in [3.05, 3.63) is 95.0 Å². The Bertz CT molecular complexity index is 1010. The lowest BCUT2D eigenvalue weighted by molar-refractivity contribution is -0.116. The fourth-order valence-corrected chi connectivity index (χ4v) is 3.29. The summed E-state index contributed by atoms with van der Waals surface area (Å²) < 4.78 is 0. The number of amides is 2. The van der Waals surface area contributed by atoms with Gasteiger partial charge in [-0.3, -0.25) is 9.59 Å². The number of hydrogen-bond donors (Lipinski definition) is 2. The van der Waals surface area contributed by atoms with Gasteiger partial charge in [-0.05, 0) is 42.8 Å². The molecule has 0 aromatic heterocycles. The minimum atomic E-state index is -0.295. The van der Waals surface area contributed by atoms with Crippen LogP contribution in [0.2, 0.25) is 5.02 Å². The van der Waals surface area contributed by atoms with E-state index in [0.717, 1.165) is 11.3 Å². The van der Waals surface area contributed by atoms with Crippen molar-refractivity contribution < 1.29 is 9.59 Å². The van der Waals surface area contributed by atoms with Crippen LogP contribution in [0.25, 0.3) is 0 Å². The maximum atomic E-state index is 12.4. The number of likely N-dealkylation sites (N-methyl/N-ethyl adjacent to an activating group) is 1. The second kappa shape index (κ2) is 9.94. The van der Waals surface area contributed by atoms with E-state index in [1.165, 1.54) is 4.90 Å². The third-order valence-corrected chi connectivity index (χ3v) is 4.99. The number of carbonyl (C=O) groups is 2. The predicted octanol–water partition coefficient (Wildman–Crippen LogP) is 5.22. The summed E-state index contributed by atoms with van der Waals surface area (Å²) in [6.45, 7) is 2.00. The minimum Gasteiger partial charge on any atom is -0.377 e. The summed E-state index contributed by atoms with van der Waals surface area (Å²) in [5, 5.41) is 6.67. The van der Waals surface area contributed by atoms with Gasteiger partial charge in [0.05, 0.1) is 17.3 Å². The van der Waals surface area contributed by atoms with Gasteiger partial charge in [-0.25, -0.2) is 0 Å². The summed E-state index contributed by atoms with van der Waals surface area (Å²) in [6.07, 6.45) is 0. The molecule has 0 radical (unpaired) electrons. The van der Waals surface area contributed by atoms with E-state index in [0.29, 0.717) is 16.3 Å². The van der Waals surface area contributed by atoms with E-state index in [1.807, 2.05) is 42.5 Å². The average Bonchev–Trinajstić information content (AvgIpc) is 2.76. The molecule has 1 unspecified atom stereocenters. The van der Waals surface area contributed by atoms with Gasteiger partial charge in [0.1, 0.15) is 0 Å². The predicted molar refractivity (Wildman–Crippen MR) is 122 cm³/mol. The van der Waals surface area contributed by atoms with Crippen LogP contribution >= 0.6 is 11.6 Å². The highest BCUT2D eigenvalue weighted by Gasteiger charge is 2.15. The van der Waals surface area contributed by atoms with Crippen molar-refractivity contribution in [3.63, 3.8) is 0 Å². The van der Waals surface area contributed by atoms with E-state index in [9.17, 15) is 9.59 Å². The third-order valence-electron chi connectivity index (χ3n) is 4.67. The van der Waals surface area contributed by atoms with Crippen LogP contribution in [0.15, 0.2) is 78.9 Å². The highest BCUT2D eigenvalue weighted by atomic mass is 35.5. The Hall–Kier alpha value is -3.31. The molecule has 0 saturated carbocycles. The fourth-order valence-electron chi connectivity index (χ4n) is 3.06. The van der Waals surface area contributed by atoms with E-state index in [-0.39, 0.29) is 24.4 Å². The van der Waals surface area contributed by atoms with Crippen LogP contribution in [0.1, 0.15) is 28.9 Å². The van der Waals surface area contributed by atoms with Gasteiger partial charge in [-0.2, -0.15) is 0 Å². The van der Waals surface area contributed by atoms with Gasteiger partial charge < -0.3 is 15.5 Å². The molecule has 0 fully saturated rings. The Labute approximate surface area is 181 Å². The Kier molecular flexibility index (Phi) is 7.09. The third kappa shape index (κ3) is 5.61. The molecule has 2 N–H and O–H groups in total. The summed E-state index contributed by atoms with van der Waals surface area (Å²) in [4.78, 5) is 26.1. The highest BCUT2D eigenvalue weighted by Crippen LogP contribution is 2.29. The van der Waals surface area contributed by atoms with Crippen LogP contribution < -0.4 is 10.6 Å². The van der Waals surface area contributed by atoms with Crippen molar-refractivity contribution >= 4 is 34.8 Å². The van der Waals surface area contributed by atoms with Crippen molar-refractivity contribution in [1.29, 1.82) is 0 Å². The zero-order valence-corrected chi connectivity index (χ0v) is 17.7. The van der Waals surface area contributed by atoms with E-state index >= 15 is 0 Å². The molecule has 0 saturated heterocycles. The molecule has 30 heavy (non-hydrogen) atoms. The Balaban J connectivity index is 1.58. The molecule has 3 rings (SSSR count). The number of anilines is 2. The topological polar surface area (TPSA) is 61.4 Å². The summed E-state index contributed by atoms with van der Waals surface area (Å²) in [7, 11) is 1.60. The van der Waals surface area contributed by atoms with E-state index in [4.69, 9.17) is 11.6 Å². The number of benzene rings is 3. The van der Waals surface area contributed by atoms with Gasteiger partial charge in [-0.1, -0.05) is 60.1 Å². The van der Waals surface area contributed by atoms with Crippen LogP contribution in [0.5, 0.6) is 0 Å². The van der Waals surface area contributed by atoms with Crippen LogP contribution in [0.3, 0.4) is 0 Å². The number of rotatable bonds is 7. The molecule has 2 amide bonds. The molecule has 0 spiro atoms. The first-order chi connectivity index (χ1) is 14.4. The molecule has 154 valence electrons. The number of nitrogens with zero attached hydrogens (tertiary/aromatic N) is 1. The quantitative estimate of drug-likeness (QED) is 0.549. The maximum Gasteiger partial charge on any atom is 0.254 e. The first-order valence-corrected chi connectivity index (χ1v) is 10.0. The van der Waals surface area contributed by atoms with Crippen LogP contribution in [0.4, 0.5) is 11.4 Å². The normalized spacial score (nSPS) is 11.4. The summed E-state index contributed by atoms with van der Waals surface area (Å²) in [5.74, 6) is -0.505. The van der Waals surface area contributed by atoms with Crippen LogP contribution in [0, 0.1) is 0 Å². The minimum absolute atomic E-state index is 0.0591. The molecule has 0 bridgehead atoms. The number of hydrogen-bond acceptors (Lipinski definition) is 3. The monoisotopic (exact) mass is 421 g/mol. The van der Waals surface area contributed by atoms with Gasteiger partial charge in [0.15, 0.2) is 0 Å². The van der Waals surface area contributed by atoms with Crippen LogP contribution in [-0.2, 0) is 4.79 Å². The lowest BCUT2D eigenvalue weighted by Crippen LogP contribution is -2.34. The second-order valence-electron chi connectivity index (χ2n) is 7.05. The van der Waals surface area contributed by atoms with Crippen molar-refractivity contribution in [1.82, 2.24) is 4.90 Å². The molecule has 5 nitrogen and oxygen atoms in total. The van der Waals surface area contributed by atoms with Crippen molar-refractivity contribution in [2.45, 2.75) is 13.0 Å². The maximum absolute atomic E-state index is 12.4. The van der Waals surface area contributed by atoms with Crippen molar-refractivity contribution in [2.24, 2.45) is 0 Å². The highest BCUT2D eigenvalue weighted by molar-refractivity contribution is 6.33. The van der Waals surface area contributed by atoms with Crippen LogP contribution in [-0.4, -0.2) is 30.3 Å². The largest absolute Gasteiger partial charge is 0.377 e. The molecule has 0 aliphatic carbocycles. The van der Waals surface area contributed by atoms with Gasteiger partial charge >= 0.3 is 0 Å². The lowest BCUT2D eigenvalue weighted by atomic mass is 10.1. The van der Waals surface area contributed by atoms with E-state index in [2.05, 4.69) is 17.6 Å². The zero-order chi connectivity index (χ0) is 21.5. The zero-order valence-electron chi connectivity index (χ0n) is 16.9. The fraction of sp³-hybridized carbons (Fsp3) is 0.167. The molecule has 3 aromatic rings. The second-order valence-corrected chi connectivity index (χ2v) is 7.45. The standard InChI is InChI=1S/C24H24ClN3O2/c1-17(18-9-5-3-6-10-18)26-22-14-13-20(15-21(22)25)27-23(29)16-28(2)24(30)19-11-7-4-8-12-19/h3-15,17,26H,16H2,1-2H3,(H,27,29). The molecule has 1 atom stereocenters. The van der Waals surface area contributed by atoms with E-state index < -0.39 is 0 Å². The van der Waals surface area contributed by atoms with Crippen molar-refractivity contribution in [2.75, 3.05) is 24.2 Å². The molecular formula is C24H24ClN3O2. The Morgan fingerprint density at radius 1 is 0.967 bits per heavy atom. The summed E-state index contributed by atoms with van der Waals surface area (Å²) in [6, 6.07) is 24.3. The number of halogens is 1. The smallest absolute Gasteiger partial charge is 0.254 e. The Morgan fingerprint density at radius 2 is 1.60 bits per heavy atom. The van der Waals surface area contributed by atoms with Gasteiger partial charge in [-0.15, -0.1) is 0 Å². The summed E-state index contributed by atoms with van der Waals surface area (Å²) >= 11 is 6.40. The average molecular weight is 422 g/mol. The number of nitrogens with one attached hydrogen (secondary N) is 2. The van der Waals surface area contributed by atoms with E-state index in [1.54, 1.807) is 43.4 Å². The van der Waals surface area contributed by atoms with Crippen molar-refractivity contribution in [3.8, 4) is 0 Å². The van der Waals surface area contributed by atoms with Gasteiger partial charge in [0.25, 0.3) is 5.91 Å². The van der Waals surface area contributed by atoms with Gasteiger partial charge in [0, 0.05) is 24.3 Å². The lowest BCUT2D eigenvalue weighted by Gasteiger charge is -2.18. The first-order valence-electron chi connectivity index (χ1n) is 9.65. The number of carbonyl (C=O) groups excluding carboxylic acids is 2. The SMILES string of the molecule is CC(Nc1ccc(NC(=O)CN(C)C(=O)c2ccccc2)cc1Cl)c1ccccc1.